The van der Waals surface area contributed by atoms with E-state index < -0.39 is 18.4 Å². The van der Waals surface area contributed by atoms with Crippen molar-refractivity contribution < 1.29 is 18.4 Å². The molecule has 0 aliphatic heterocycles. The number of hydrogen-bond acceptors (Lipinski definition) is 3. The van der Waals surface area contributed by atoms with Gasteiger partial charge in [-0.15, -0.1) is 0 Å². The standard InChI is InChI=1S/C10H12N2O2.2ClH.Ru/c1-4-11(3)10-6-5-9(12(13)14)7-8(10)2;;;/h2,5-7H,4H2,1,3H3;2*1H;/q;;;+2/p-2. The average Bonchev–Trinajstić information content (AvgIpc) is 2.27. The van der Waals surface area contributed by atoms with E-state index in [1.807, 2.05) is 18.9 Å². The molecule has 0 N–H and O–H groups in total. The van der Waals surface area contributed by atoms with Gasteiger partial charge in [-0.1, -0.05) is 0 Å². The van der Waals surface area contributed by atoms with Crippen LogP contribution in [0.3, 0.4) is 0 Å². The third-order valence-electron chi connectivity index (χ3n) is 2.29. The Morgan fingerprint density at radius 2 is 2.18 bits per heavy atom. The van der Waals surface area contributed by atoms with Crippen LogP contribution in [0.25, 0.3) is 0 Å². The predicted molar refractivity (Wildman–Crippen MR) is 68.9 cm³/mol. The predicted octanol–water partition coefficient (Wildman–Crippen LogP) is 3.13. The summed E-state index contributed by atoms with van der Waals surface area (Å²) in [6.45, 7) is 2.80. The molecule has 0 spiro atoms. The Morgan fingerprint density at radius 1 is 1.53 bits per heavy atom. The fourth-order valence-corrected chi connectivity index (χ4v) is 3.13. The van der Waals surface area contributed by atoms with Crippen molar-refractivity contribution in [3.8, 4) is 0 Å². The van der Waals surface area contributed by atoms with Gasteiger partial charge in [-0.3, -0.25) is 0 Å². The zero-order chi connectivity index (χ0) is 13.0. The van der Waals surface area contributed by atoms with Crippen LogP contribution in [-0.4, -0.2) is 23.1 Å². The molecule has 0 aromatic heterocycles. The Balaban J connectivity index is 3.31. The zero-order valence-electron chi connectivity index (χ0n) is 9.34. The monoisotopic (exact) mass is 364 g/mol. The molecular formula is C10H12Cl2N2O2Ru. The summed E-state index contributed by atoms with van der Waals surface area (Å²) in [5.41, 5.74) is 1.68. The average molecular weight is 364 g/mol. The fourth-order valence-electron chi connectivity index (χ4n) is 1.34. The van der Waals surface area contributed by atoms with Crippen molar-refractivity contribution in [2.45, 2.75) is 6.92 Å². The van der Waals surface area contributed by atoms with Gasteiger partial charge in [0.2, 0.25) is 0 Å². The van der Waals surface area contributed by atoms with Crippen molar-refractivity contribution in [1.82, 2.24) is 0 Å². The van der Waals surface area contributed by atoms with Crippen LogP contribution in [0.4, 0.5) is 11.4 Å². The van der Waals surface area contributed by atoms with Gasteiger partial charge >= 0.3 is 113 Å². The molecule has 0 aliphatic rings. The Labute approximate surface area is 113 Å². The van der Waals surface area contributed by atoms with Crippen molar-refractivity contribution in [3.63, 3.8) is 0 Å². The van der Waals surface area contributed by atoms with Gasteiger partial charge in [-0.05, 0) is 0 Å². The first-order valence-electron chi connectivity index (χ1n) is 4.78. The number of nitrogens with zero attached hydrogens (tertiary/aromatic N) is 2. The molecule has 0 unspecified atom stereocenters. The maximum atomic E-state index is 10.7. The maximum absolute atomic E-state index is 10.7. The van der Waals surface area contributed by atoms with Gasteiger partial charge in [-0.2, -0.15) is 0 Å². The van der Waals surface area contributed by atoms with Crippen LogP contribution in [0.1, 0.15) is 12.5 Å². The van der Waals surface area contributed by atoms with Crippen LogP contribution >= 0.6 is 19.4 Å². The van der Waals surface area contributed by atoms with Gasteiger partial charge in [0.05, 0.1) is 0 Å². The normalized spacial score (nSPS) is 10.9. The number of non-ortho nitro benzene ring substituents is 1. The molecule has 7 heteroatoms. The molecule has 0 atom stereocenters. The summed E-state index contributed by atoms with van der Waals surface area (Å²) in [7, 11) is 13.6. The number of nitro groups is 1. The summed E-state index contributed by atoms with van der Waals surface area (Å²) in [5, 5.41) is 10.7. The summed E-state index contributed by atoms with van der Waals surface area (Å²) in [6, 6.07) is 4.71. The van der Waals surface area contributed by atoms with E-state index in [0.717, 1.165) is 17.8 Å². The van der Waals surface area contributed by atoms with Crippen LogP contribution in [-0.2, 0) is 13.5 Å². The molecule has 0 aliphatic carbocycles. The van der Waals surface area contributed by atoms with E-state index in [-0.39, 0.29) is 5.69 Å². The fraction of sp³-hybridized carbons (Fsp3) is 0.300. The third kappa shape index (κ3) is 4.02. The van der Waals surface area contributed by atoms with E-state index in [1.54, 1.807) is 10.7 Å². The molecule has 4 nitrogen and oxygen atoms in total. The van der Waals surface area contributed by atoms with Gasteiger partial charge in [0.15, 0.2) is 0 Å². The molecule has 0 bridgehead atoms. The Kier molecular flexibility index (Phi) is 5.51. The zero-order valence-corrected chi connectivity index (χ0v) is 12.6. The second-order valence-electron chi connectivity index (χ2n) is 3.32. The van der Waals surface area contributed by atoms with Gasteiger partial charge < -0.3 is 0 Å². The summed E-state index contributed by atoms with van der Waals surface area (Å²) >= 11 is -2.00. The number of halogens is 2. The molecule has 0 fully saturated rings. The molecule has 0 radical (unpaired) electrons. The van der Waals surface area contributed by atoms with Crippen LogP contribution in [0, 0.1) is 10.1 Å². The summed E-state index contributed by atoms with van der Waals surface area (Å²) in [5.74, 6) is 0. The number of hydrogen-bond donors (Lipinski definition) is 0. The van der Waals surface area contributed by atoms with E-state index in [2.05, 4.69) is 0 Å². The van der Waals surface area contributed by atoms with Crippen LogP contribution < -0.4 is 4.90 Å². The van der Waals surface area contributed by atoms with Crippen molar-refractivity contribution in [2.24, 2.45) is 0 Å². The van der Waals surface area contributed by atoms with Gasteiger partial charge in [-0.25, -0.2) is 0 Å². The third-order valence-corrected chi connectivity index (χ3v) is 4.13. The minimum absolute atomic E-state index is 0.0493. The molecule has 0 saturated carbocycles. The van der Waals surface area contributed by atoms with Crippen molar-refractivity contribution in [1.29, 1.82) is 0 Å². The van der Waals surface area contributed by atoms with E-state index in [1.165, 1.54) is 12.1 Å². The molecule has 1 aromatic carbocycles. The van der Waals surface area contributed by atoms with Crippen molar-refractivity contribution >= 4 is 35.4 Å². The van der Waals surface area contributed by atoms with Crippen LogP contribution in [0.15, 0.2) is 18.2 Å². The molecule has 17 heavy (non-hydrogen) atoms. The van der Waals surface area contributed by atoms with Crippen molar-refractivity contribution in [3.05, 3.63) is 33.9 Å². The van der Waals surface area contributed by atoms with Gasteiger partial charge in [0, 0.05) is 0 Å². The van der Waals surface area contributed by atoms with Crippen LogP contribution in [0.2, 0.25) is 0 Å². The van der Waals surface area contributed by atoms with Crippen molar-refractivity contribution in [2.75, 3.05) is 18.5 Å². The Bertz CT molecular complexity index is 462. The first-order chi connectivity index (χ1) is 7.95. The molecular weight excluding hydrogens is 352 g/mol. The molecule has 0 saturated heterocycles. The van der Waals surface area contributed by atoms with E-state index >= 15 is 0 Å². The number of benzene rings is 1. The molecule has 0 amide bonds. The number of nitro benzene ring substituents is 1. The summed E-state index contributed by atoms with van der Waals surface area (Å²) < 4.78 is 1.72. The first kappa shape index (κ1) is 14.6. The van der Waals surface area contributed by atoms with E-state index in [9.17, 15) is 10.1 Å². The number of rotatable bonds is 4. The van der Waals surface area contributed by atoms with Gasteiger partial charge in [0.1, 0.15) is 0 Å². The second-order valence-corrected chi connectivity index (χ2v) is 9.05. The Morgan fingerprint density at radius 3 is 2.65 bits per heavy atom. The molecule has 1 rings (SSSR count). The second kappa shape index (κ2) is 6.43. The summed E-state index contributed by atoms with van der Waals surface area (Å²) in [4.78, 5) is 12.3. The summed E-state index contributed by atoms with van der Waals surface area (Å²) in [6.07, 6.45) is 0. The van der Waals surface area contributed by atoms with Gasteiger partial charge in [0.25, 0.3) is 0 Å². The number of anilines is 1. The quantitative estimate of drug-likeness (QED) is 0.469. The topological polar surface area (TPSA) is 46.4 Å². The van der Waals surface area contributed by atoms with E-state index in [4.69, 9.17) is 19.4 Å². The molecule has 96 valence electrons. The SMILES string of the molecule is CCN(C)c1ccc([N+](=O)[O-])cc1[CH]=[Ru]([Cl])[Cl]. The minimum atomic E-state index is -2.00. The first-order valence-corrected chi connectivity index (χ1v) is 10.3. The van der Waals surface area contributed by atoms with Crippen LogP contribution in [0.5, 0.6) is 0 Å². The molecule has 0 heterocycles. The Hall–Kier alpha value is -0.507. The molecule has 1 aromatic rings. The van der Waals surface area contributed by atoms with E-state index in [0.29, 0.717) is 0 Å².